The summed E-state index contributed by atoms with van der Waals surface area (Å²) in [5, 5.41) is 6.77. The van der Waals surface area contributed by atoms with Crippen molar-refractivity contribution in [1.82, 2.24) is 9.88 Å². The summed E-state index contributed by atoms with van der Waals surface area (Å²) in [4.78, 5) is 18.2. The highest BCUT2D eigenvalue weighted by molar-refractivity contribution is 8.03. The molecule has 3 rings (SSSR count). The molecule has 4 nitrogen and oxygen atoms in total. The zero-order chi connectivity index (χ0) is 16.2. The van der Waals surface area contributed by atoms with Crippen LogP contribution in [-0.2, 0) is 4.79 Å². The van der Waals surface area contributed by atoms with Crippen LogP contribution in [0.2, 0.25) is 0 Å². The van der Waals surface area contributed by atoms with E-state index in [2.05, 4.69) is 10.3 Å². The third-order valence-corrected chi connectivity index (χ3v) is 5.12. The minimum atomic E-state index is -0.265. The van der Waals surface area contributed by atoms with Gasteiger partial charge in [0.25, 0.3) is 0 Å². The predicted octanol–water partition coefficient (Wildman–Crippen LogP) is 4.31. The van der Waals surface area contributed by atoms with Gasteiger partial charge in [-0.1, -0.05) is 6.92 Å². The van der Waals surface area contributed by atoms with Gasteiger partial charge in [-0.3, -0.25) is 4.79 Å². The van der Waals surface area contributed by atoms with Gasteiger partial charge in [-0.25, -0.2) is 9.37 Å². The van der Waals surface area contributed by atoms with Crippen LogP contribution in [0.3, 0.4) is 0 Å². The van der Waals surface area contributed by atoms with E-state index in [0.29, 0.717) is 6.42 Å². The van der Waals surface area contributed by atoms with Gasteiger partial charge in [-0.2, -0.15) is 0 Å². The van der Waals surface area contributed by atoms with Gasteiger partial charge < -0.3 is 10.2 Å². The van der Waals surface area contributed by atoms with Crippen molar-refractivity contribution < 1.29 is 9.18 Å². The smallest absolute Gasteiger partial charge is 0.227 e. The van der Waals surface area contributed by atoms with Crippen molar-refractivity contribution in [3.05, 3.63) is 46.2 Å². The number of thioether (sulfide) groups is 1. The van der Waals surface area contributed by atoms with E-state index in [0.717, 1.165) is 33.8 Å². The number of nitrogens with zero attached hydrogens (tertiary/aromatic N) is 2. The topological polar surface area (TPSA) is 45.2 Å². The number of thiazole rings is 1. The average Bonchev–Trinajstić information content (AvgIpc) is 3.19. The first-order chi connectivity index (χ1) is 11.2. The first-order valence-electron chi connectivity index (χ1n) is 7.28. The monoisotopic (exact) mass is 349 g/mol. The molecule has 0 bridgehead atoms. The van der Waals surface area contributed by atoms with Crippen molar-refractivity contribution in [2.24, 2.45) is 0 Å². The number of aromatic nitrogens is 1. The van der Waals surface area contributed by atoms with Crippen LogP contribution in [-0.4, -0.2) is 28.1 Å². The highest BCUT2D eigenvalue weighted by Gasteiger charge is 2.22. The molecule has 0 aliphatic carbocycles. The maximum Gasteiger partial charge on any atom is 0.227 e. The van der Waals surface area contributed by atoms with Gasteiger partial charge in [0.15, 0.2) is 5.13 Å². The normalized spacial score (nSPS) is 16.1. The molecule has 1 fully saturated rings. The summed E-state index contributed by atoms with van der Waals surface area (Å²) < 4.78 is 12.9. The summed E-state index contributed by atoms with van der Waals surface area (Å²) in [7, 11) is 0. The highest BCUT2D eigenvalue weighted by atomic mass is 32.2. The zero-order valence-corrected chi connectivity index (χ0v) is 14.2. The van der Waals surface area contributed by atoms with Crippen LogP contribution in [0.25, 0.3) is 6.08 Å². The van der Waals surface area contributed by atoms with Gasteiger partial charge in [0.2, 0.25) is 5.91 Å². The van der Waals surface area contributed by atoms with Crippen molar-refractivity contribution in [3.63, 3.8) is 0 Å². The van der Waals surface area contributed by atoms with Crippen LogP contribution in [0.5, 0.6) is 0 Å². The average molecular weight is 349 g/mol. The van der Waals surface area contributed by atoms with Crippen LogP contribution in [0.15, 0.2) is 34.7 Å². The van der Waals surface area contributed by atoms with E-state index in [4.69, 9.17) is 0 Å². The van der Waals surface area contributed by atoms with E-state index >= 15 is 0 Å². The molecule has 1 amide bonds. The number of carbonyl (C=O) groups excluding carboxylic acids is 1. The van der Waals surface area contributed by atoms with E-state index in [9.17, 15) is 9.18 Å². The fourth-order valence-electron chi connectivity index (χ4n) is 2.18. The van der Waals surface area contributed by atoms with Gasteiger partial charge in [0.1, 0.15) is 5.82 Å². The number of nitrogens with one attached hydrogen (secondary N) is 1. The molecule has 1 aliphatic rings. The Morgan fingerprint density at radius 2 is 2.22 bits per heavy atom. The van der Waals surface area contributed by atoms with Crippen molar-refractivity contribution in [3.8, 4) is 0 Å². The van der Waals surface area contributed by atoms with Gasteiger partial charge in [0.05, 0.1) is 10.7 Å². The van der Waals surface area contributed by atoms with Crippen molar-refractivity contribution in [2.75, 3.05) is 17.6 Å². The molecule has 23 heavy (non-hydrogen) atoms. The third kappa shape index (κ3) is 3.92. The Labute approximate surface area is 142 Å². The molecule has 7 heteroatoms. The first-order valence-corrected chi connectivity index (χ1v) is 9.15. The Bertz CT molecular complexity index is 727. The second kappa shape index (κ2) is 7.14. The molecule has 2 heterocycles. The molecule has 1 aliphatic heterocycles. The number of amides is 1. The van der Waals surface area contributed by atoms with Gasteiger partial charge in [-0.05, 0) is 30.3 Å². The molecule has 1 saturated heterocycles. The summed E-state index contributed by atoms with van der Waals surface area (Å²) in [6.45, 7) is 2.63. The number of anilines is 2. The van der Waals surface area contributed by atoms with Crippen LogP contribution in [0.4, 0.5) is 15.2 Å². The van der Waals surface area contributed by atoms with E-state index in [-0.39, 0.29) is 11.7 Å². The molecule has 1 aromatic carbocycles. The first kappa shape index (κ1) is 16.0. The zero-order valence-electron chi connectivity index (χ0n) is 12.6. The molecule has 0 unspecified atom stereocenters. The summed E-state index contributed by atoms with van der Waals surface area (Å²) in [5.41, 5.74) is 1.61. The maximum absolute atomic E-state index is 12.9. The third-order valence-electron chi connectivity index (χ3n) is 3.32. The number of rotatable bonds is 4. The number of hydrogen-bond donors (Lipinski definition) is 1. The van der Waals surface area contributed by atoms with E-state index in [1.807, 2.05) is 23.3 Å². The molecule has 0 radical (unpaired) electrons. The Kier molecular flexibility index (Phi) is 4.97. The number of hydrogen-bond acceptors (Lipinski definition) is 5. The minimum Gasteiger partial charge on any atom is -0.332 e. The van der Waals surface area contributed by atoms with Crippen LogP contribution in [0.1, 0.15) is 19.0 Å². The lowest BCUT2D eigenvalue weighted by atomic mass is 10.3. The molecular formula is C16H16FN3OS2. The maximum atomic E-state index is 12.9. The fraction of sp³-hybridized carbons (Fsp3) is 0.250. The summed E-state index contributed by atoms with van der Waals surface area (Å²) >= 11 is 3.15. The highest BCUT2D eigenvalue weighted by Crippen LogP contribution is 2.31. The summed E-state index contributed by atoms with van der Waals surface area (Å²) in [6.07, 6.45) is 2.45. The fourth-order valence-corrected chi connectivity index (χ4v) is 3.90. The van der Waals surface area contributed by atoms with E-state index in [1.165, 1.54) is 23.5 Å². The molecule has 1 N–H and O–H groups in total. The molecule has 2 aromatic rings. The Hall–Kier alpha value is -1.86. The van der Waals surface area contributed by atoms with Gasteiger partial charge in [0, 0.05) is 29.8 Å². The minimum absolute atomic E-state index is 0.140. The van der Waals surface area contributed by atoms with Crippen molar-refractivity contribution in [2.45, 2.75) is 13.3 Å². The Morgan fingerprint density at radius 1 is 1.43 bits per heavy atom. The lowest BCUT2D eigenvalue weighted by Crippen LogP contribution is -2.25. The van der Waals surface area contributed by atoms with Crippen LogP contribution < -0.4 is 5.32 Å². The number of halogens is 1. The molecular weight excluding hydrogens is 333 g/mol. The molecule has 120 valence electrons. The van der Waals surface area contributed by atoms with E-state index in [1.54, 1.807) is 23.9 Å². The molecule has 0 atom stereocenters. The molecule has 0 spiro atoms. The number of carbonyl (C=O) groups is 1. The van der Waals surface area contributed by atoms with Crippen molar-refractivity contribution >= 4 is 45.9 Å². The summed E-state index contributed by atoms with van der Waals surface area (Å²) in [6, 6.07) is 6.15. The van der Waals surface area contributed by atoms with Gasteiger partial charge in [-0.15, -0.1) is 23.1 Å². The van der Waals surface area contributed by atoms with Crippen molar-refractivity contribution in [1.29, 1.82) is 0 Å². The quantitative estimate of drug-likeness (QED) is 0.893. The number of benzene rings is 1. The van der Waals surface area contributed by atoms with E-state index < -0.39 is 0 Å². The van der Waals surface area contributed by atoms with Crippen LogP contribution >= 0.6 is 23.1 Å². The lowest BCUT2D eigenvalue weighted by molar-refractivity contribution is -0.128. The summed E-state index contributed by atoms with van der Waals surface area (Å²) in [5.74, 6) is 0.794. The largest absolute Gasteiger partial charge is 0.332 e. The predicted molar refractivity (Wildman–Crippen MR) is 94.2 cm³/mol. The van der Waals surface area contributed by atoms with Gasteiger partial charge >= 0.3 is 0 Å². The SMILES string of the molecule is CCC(=O)N1CCS/C1=C/c1csc(Nc2ccc(F)cc2)n1. The second-order valence-corrected chi connectivity index (χ2v) is 6.91. The second-order valence-electron chi connectivity index (χ2n) is 4.94. The van der Waals surface area contributed by atoms with Crippen LogP contribution in [0, 0.1) is 5.82 Å². The molecule has 0 saturated carbocycles. The lowest BCUT2D eigenvalue weighted by Gasteiger charge is -2.15. The molecule has 1 aromatic heterocycles. The standard InChI is InChI=1S/C16H16FN3OS2/c1-2-14(21)20-7-8-22-15(20)9-13-10-23-16(19-13)18-12-5-3-11(17)4-6-12/h3-6,9-10H,2,7-8H2,1H3,(H,18,19)/b15-9+. The Morgan fingerprint density at radius 3 is 2.96 bits per heavy atom. The Balaban J connectivity index is 1.72.